The molecule has 4 aromatic rings. The van der Waals surface area contributed by atoms with E-state index in [0.29, 0.717) is 33.4 Å². The van der Waals surface area contributed by atoms with Gasteiger partial charge in [-0.05, 0) is 67.8 Å². The van der Waals surface area contributed by atoms with E-state index in [1.54, 1.807) is 62.4 Å². The van der Waals surface area contributed by atoms with Gasteiger partial charge in [-0.1, -0.05) is 95.5 Å². The summed E-state index contributed by atoms with van der Waals surface area (Å²) in [5.74, 6) is -0.906. The van der Waals surface area contributed by atoms with Crippen LogP contribution in [0.25, 0.3) is 0 Å². The highest BCUT2D eigenvalue weighted by Crippen LogP contribution is 2.29. The maximum absolute atomic E-state index is 14.5. The van der Waals surface area contributed by atoms with Gasteiger partial charge >= 0.3 is 0 Å². The molecule has 4 aromatic carbocycles. The maximum atomic E-state index is 14.5. The number of anilines is 1. The molecule has 1 unspecified atom stereocenters. The number of rotatable bonds is 12. The molecule has 1 N–H and O–H groups in total. The molecule has 44 heavy (non-hydrogen) atoms. The molecule has 0 aromatic heterocycles. The van der Waals surface area contributed by atoms with Crippen LogP contribution < -0.4 is 9.62 Å². The van der Waals surface area contributed by atoms with Crippen molar-refractivity contribution in [2.75, 3.05) is 17.4 Å². The lowest BCUT2D eigenvalue weighted by Crippen LogP contribution is -2.53. The van der Waals surface area contributed by atoms with E-state index in [0.717, 1.165) is 15.4 Å². The zero-order valence-electron chi connectivity index (χ0n) is 24.8. The Labute approximate surface area is 269 Å². The van der Waals surface area contributed by atoms with E-state index in [2.05, 4.69) is 5.32 Å². The van der Waals surface area contributed by atoms with Crippen LogP contribution in [0.4, 0.5) is 5.69 Å². The van der Waals surface area contributed by atoms with Crippen molar-refractivity contribution < 1.29 is 18.0 Å². The summed E-state index contributed by atoms with van der Waals surface area (Å²) in [6, 6.07) is 26.8. The molecule has 0 saturated heterocycles. The molecule has 0 aliphatic rings. The molecule has 1 atom stereocenters. The van der Waals surface area contributed by atoms with Crippen molar-refractivity contribution in [2.45, 2.75) is 44.7 Å². The smallest absolute Gasteiger partial charge is 0.264 e. The fraction of sp³-hybridized carbons (Fsp3) is 0.235. The van der Waals surface area contributed by atoms with Crippen molar-refractivity contribution in [1.82, 2.24) is 10.2 Å². The zero-order valence-corrected chi connectivity index (χ0v) is 27.2. The molecular weight excluding hydrogens is 617 g/mol. The van der Waals surface area contributed by atoms with Crippen molar-refractivity contribution in [1.29, 1.82) is 0 Å². The van der Waals surface area contributed by atoms with Crippen LogP contribution in [0, 0.1) is 13.8 Å². The first kappa shape index (κ1) is 33.1. The second-order valence-electron chi connectivity index (χ2n) is 10.5. The van der Waals surface area contributed by atoms with Crippen LogP contribution in [0.2, 0.25) is 10.0 Å². The molecule has 0 fully saturated rings. The van der Waals surface area contributed by atoms with Crippen molar-refractivity contribution >= 4 is 50.7 Å². The van der Waals surface area contributed by atoms with Gasteiger partial charge in [0.05, 0.1) is 20.6 Å². The van der Waals surface area contributed by atoms with E-state index in [-0.39, 0.29) is 23.8 Å². The molecule has 7 nitrogen and oxygen atoms in total. The van der Waals surface area contributed by atoms with Gasteiger partial charge in [0.25, 0.3) is 10.0 Å². The third kappa shape index (κ3) is 8.00. The van der Waals surface area contributed by atoms with Crippen LogP contribution in [-0.4, -0.2) is 44.3 Å². The lowest BCUT2D eigenvalue weighted by atomic mass is 10.0. The SMILES string of the molecule is CCNC(=O)C(Cc1ccccc1)N(Cc1ccc(Cl)c(Cl)c1)C(=O)CN(c1ccc(C)cc1C)S(=O)(=O)c1ccccc1. The number of amides is 2. The minimum absolute atomic E-state index is 0.00351. The minimum atomic E-state index is -4.17. The van der Waals surface area contributed by atoms with E-state index >= 15 is 0 Å². The van der Waals surface area contributed by atoms with E-state index < -0.39 is 28.5 Å². The number of sulfonamides is 1. The Morgan fingerprint density at radius 1 is 0.818 bits per heavy atom. The lowest BCUT2D eigenvalue weighted by molar-refractivity contribution is -0.140. The predicted molar refractivity (Wildman–Crippen MR) is 177 cm³/mol. The van der Waals surface area contributed by atoms with Gasteiger partial charge in [0, 0.05) is 19.5 Å². The van der Waals surface area contributed by atoms with Crippen LogP contribution >= 0.6 is 23.2 Å². The predicted octanol–water partition coefficient (Wildman–Crippen LogP) is 6.58. The number of carbonyl (C=O) groups excluding carboxylic acids is 2. The van der Waals surface area contributed by atoms with E-state index in [4.69, 9.17) is 23.2 Å². The molecule has 0 aliphatic carbocycles. The Bertz CT molecular complexity index is 1720. The summed E-state index contributed by atoms with van der Waals surface area (Å²) in [7, 11) is -4.17. The molecule has 0 bridgehead atoms. The first-order valence-corrected chi connectivity index (χ1v) is 16.4. The summed E-state index contributed by atoms with van der Waals surface area (Å²) in [5, 5.41) is 3.51. The van der Waals surface area contributed by atoms with Gasteiger partial charge in [-0.2, -0.15) is 0 Å². The Hall–Kier alpha value is -3.85. The van der Waals surface area contributed by atoms with Crippen LogP contribution in [0.15, 0.2) is 102 Å². The number of likely N-dealkylation sites (N-methyl/N-ethyl adjacent to an activating group) is 1. The standard InChI is InChI=1S/C34H35Cl2N3O4S/c1-4-37-34(41)32(21-26-11-7-5-8-12-26)38(22-27-16-17-29(35)30(36)20-27)33(40)23-39(31-18-15-24(2)19-25(31)3)44(42,43)28-13-9-6-10-14-28/h5-20,32H,4,21-23H2,1-3H3,(H,37,41). The first-order valence-electron chi connectivity index (χ1n) is 14.2. The number of carbonyl (C=O) groups is 2. The summed E-state index contributed by atoms with van der Waals surface area (Å²) in [5.41, 5.74) is 3.51. The normalized spacial score (nSPS) is 11.9. The highest BCUT2D eigenvalue weighted by molar-refractivity contribution is 7.92. The summed E-state index contributed by atoms with van der Waals surface area (Å²) in [6.45, 7) is 5.34. The topological polar surface area (TPSA) is 86.8 Å². The fourth-order valence-electron chi connectivity index (χ4n) is 5.00. The Balaban J connectivity index is 1.82. The highest BCUT2D eigenvalue weighted by atomic mass is 35.5. The van der Waals surface area contributed by atoms with Crippen LogP contribution in [-0.2, 0) is 32.6 Å². The second-order valence-corrected chi connectivity index (χ2v) is 13.2. The van der Waals surface area contributed by atoms with E-state index in [1.807, 2.05) is 43.3 Å². The molecule has 0 heterocycles. The lowest BCUT2D eigenvalue weighted by Gasteiger charge is -2.34. The molecule has 0 radical (unpaired) electrons. The maximum Gasteiger partial charge on any atom is 0.264 e. The molecule has 0 aliphatic heterocycles. The second kappa shape index (κ2) is 14.8. The molecule has 2 amide bonds. The number of halogens is 2. The van der Waals surface area contributed by atoms with Gasteiger partial charge in [0.15, 0.2) is 0 Å². The third-order valence-corrected chi connectivity index (χ3v) is 9.70. The number of hydrogen-bond acceptors (Lipinski definition) is 4. The Kier molecular flexibility index (Phi) is 11.1. The molecule has 0 saturated carbocycles. The molecular formula is C34H35Cl2N3O4S. The van der Waals surface area contributed by atoms with Crippen molar-refractivity contribution in [3.05, 3.63) is 129 Å². The minimum Gasteiger partial charge on any atom is -0.355 e. The molecule has 0 spiro atoms. The van der Waals surface area contributed by atoms with Crippen LogP contribution in [0.5, 0.6) is 0 Å². The van der Waals surface area contributed by atoms with Crippen LogP contribution in [0.3, 0.4) is 0 Å². The summed E-state index contributed by atoms with van der Waals surface area (Å²) in [4.78, 5) is 29.5. The molecule has 10 heteroatoms. The summed E-state index contributed by atoms with van der Waals surface area (Å²) >= 11 is 12.5. The zero-order chi connectivity index (χ0) is 31.9. The number of nitrogens with one attached hydrogen (secondary N) is 1. The van der Waals surface area contributed by atoms with Gasteiger partial charge in [-0.15, -0.1) is 0 Å². The average Bonchev–Trinajstić information content (AvgIpc) is 3.00. The first-order chi connectivity index (χ1) is 21.0. The molecule has 230 valence electrons. The van der Waals surface area contributed by atoms with Crippen LogP contribution in [0.1, 0.15) is 29.2 Å². The number of aryl methyl sites for hydroxylation is 2. The van der Waals surface area contributed by atoms with Gasteiger partial charge < -0.3 is 10.2 Å². The van der Waals surface area contributed by atoms with Gasteiger partial charge in [0.1, 0.15) is 12.6 Å². The van der Waals surface area contributed by atoms with Gasteiger partial charge in [0.2, 0.25) is 11.8 Å². The summed E-state index contributed by atoms with van der Waals surface area (Å²) < 4.78 is 29.3. The highest BCUT2D eigenvalue weighted by Gasteiger charge is 2.35. The van der Waals surface area contributed by atoms with Crippen molar-refractivity contribution in [3.63, 3.8) is 0 Å². The summed E-state index contributed by atoms with van der Waals surface area (Å²) in [6.07, 6.45) is 0.217. The average molecular weight is 653 g/mol. The van der Waals surface area contributed by atoms with E-state index in [1.165, 1.54) is 17.0 Å². The quantitative estimate of drug-likeness (QED) is 0.187. The molecule has 4 rings (SSSR count). The van der Waals surface area contributed by atoms with Gasteiger partial charge in [-0.25, -0.2) is 8.42 Å². The van der Waals surface area contributed by atoms with E-state index in [9.17, 15) is 18.0 Å². The monoisotopic (exact) mass is 651 g/mol. The number of benzene rings is 4. The number of hydrogen-bond donors (Lipinski definition) is 1. The van der Waals surface area contributed by atoms with Crippen molar-refractivity contribution in [2.24, 2.45) is 0 Å². The number of nitrogens with zero attached hydrogens (tertiary/aromatic N) is 2. The Morgan fingerprint density at radius 3 is 2.09 bits per heavy atom. The third-order valence-electron chi connectivity index (χ3n) is 7.19. The van der Waals surface area contributed by atoms with Crippen molar-refractivity contribution in [3.8, 4) is 0 Å². The largest absolute Gasteiger partial charge is 0.355 e. The van der Waals surface area contributed by atoms with Gasteiger partial charge in [-0.3, -0.25) is 13.9 Å². The fourth-order valence-corrected chi connectivity index (χ4v) is 6.82. The Morgan fingerprint density at radius 2 is 1.48 bits per heavy atom.